The Morgan fingerprint density at radius 3 is 2.60 bits per heavy atom. The lowest BCUT2D eigenvalue weighted by Gasteiger charge is -2.33. The summed E-state index contributed by atoms with van der Waals surface area (Å²) in [6, 6.07) is 0. The molecular formula is C6H13NO2Si. The summed E-state index contributed by atoms with van der Waals surface area (Å²) in [6.45, 7) is 4.53. The van der Waals surface area contributed by atoms with Crippen LogP contribution >= 0.6 is 0 Å². The lowest BCUT2D eigenvalue weighted by atomic mass is 10.6. The van der Waals surface area contributed by atoms with Crippen LogP contribution in [0.2, 0.25) is 13.1 Å². The summed E-state index contributed by atoms with van der Waals surface area (Å²) in [4.78, 5) is 12.7. The van der Waals surface area contributed by atoms with E-state index in [2.05, 4.69) is 13.1 Å². The SMILES string of the molecule is CN1C[Si](C)(C)OCC1=O. The Hall–Kier alpha value is -0.353. The largest absolute Gasteiger partial charge is 0.406 e. The van der Waals surface area contributed by atoms with Gasteiger partial charge in [0.05, 0.1) is 0 Å². The molecule has 0 spiro atoms. The third-order valence-corrected chi connectivity index (χ3v) is 3.79. The van der Waals surface area contributed by atoms with Gasteiger partial charge in [0.2, 0.25) is 14.2 Å². The van der Waals surface area contributed by atoms with Gasteiger partial charge in [-0.3, -0.25) is 4.79 Å². The number of likely N-dealkylation sites (N-methyl/N-ethyl adjacent to an activating group) is 1. The maximum atomic E-state index is 10.9. The predicted molar refractivity (Wildman–Crippen MR) is 41.1 cm³/mol. The smallest absolute Gasteiger partial charge is 0.246 e. The van der Waals surface area contributed by atoms with E-state index in [1.54, 1.807) is 4.90 Å². The fraction of sp³-hybridized carbons (Fsp3) is 0.833. The van der Waals surface area contributed by atoms with Gasteiger partial charge >= 0.3 is 0 Å². The summed E-state index contributed by atoms with van der Waals surface area (Å²) in [5.74, 6) is 0.104. The highest BCUT2D eigenvalue weighted by atomic mass is 28.4. The summed E-state index contributed by atoms with van der Waals surface area (Å²) >= 11 is 0. The van der Waals surface area contributed by atoms with Gasteiger partial charge in [0.15, 0.2) is 0 Å². The minimum Gasteiger partial charge on any atom is -0.406 e. The van der Waals surface area contributed by atoms with Crippen molar-refractivity contribution in [3.05, 3.63) is 0 Å². The molecule has 0 saturated carbocycles. The van der Waals surface area contributed by atoms with Gasteiger partial charge in [-0.05, 0) is 13.1 Å². The molecular weight excluding hydrogens is 146 g/mol. The standard InChI is InChI=1S/C6H13NO2Si/c1-7-5-10(2,3)9-4-6(7)8/h4-5H2,1-3H3. The van der Waals surface area contributed by atoms with Gasteiger partial charge in [-0.15, -0.1) is 0 Å². The summed E-state index contributed by atoms with van der Waals surface area (Å²) in [5.41, 5.74) is 0. The van der Waals surface area contributed by atoms with Crippen LogP contribution < -0.4 is 0 Å². The molecule has 1 rings (SSSR count). The van der Waals surface area contributed by atoms with E-state index in [-0.39, 0.29) is 12.5 Å². The number of carbonyl (C=O) groups is 1. The van der Waals surface area contributed by atoms with E-state index in [0.29, 0.717) is 0 Å². The molecule has 0 unspecified atom stereocenters. The second kappa shape index (κ2) is 2.36. The maximum absolute atomic E-state index is 10.9. The van der Waals surface area contributed by atoms with E-state index in [9.17, 15) is 4.79 Å². The first-order chi connectivity index (χ1) is 4.51. The van der Waals surface area contributed by atoms with Gasteiger partial charge in [-0.2, -0.15) is 0 Å². The van der Waals surface area contributed by atoms with Crippen molar-refractivity contribution >= 4 is 14.2 Å². The number of hydrogen-bond donors (Lipinski definition) is 0. The van der Waals surface area contributed by atoms with Gasteiger partial charge < -0.3 is 9.33 Å². The highest BCUT2D eigenvalue weighted by molar-refractivity contribution is 6.72. The number of nitrogens with zero attached hydrogens (tertiary/aromatic N) is 1. The Kier molecular flexibility index (Phi) is 1.83. The van der Waals surface area contributed by atoms with Crippen molar-refractivity contribution in [1.82, 2.24) is 4.90 Å². The zero-order chi connectivity index (χ0) is 7.78. The Morgan fingerprint density at radius 1 is 1.60 bits per heavy atom. The maximum Gasteiger partial charge on any atom is 0.246 e. The predicted octanol–water partition coefficient (Wildman–Crippen LogP) is 0.219. The van der Waals surface area contributed by atoms with E-state index in [1.807, 2.05) is 7.05 Å². The third-order valence-electron chi connectivity index (χ3n) is 1.63. The van der Waals surface area contributed by atoms with E-state index >= 15 is 0 Å². The molecule has 1 amide bonds. The summed E-state index contributed by atoms with van der Waals surface area (Å²) in [7, 11) is 0.343. The van der Waals surface area contributed by atoms with Crippen LogP contribution in [-0.4, -0.2) is 38.9 Å². The number of hydrogen-bond acceptors (Lipinski definition) is 2. The number of amides is 1. The molecule has 1 aliphatic rings. The lowest BCUT2D eigenvalue weighted by molar-refractivity contribution is -0.133. The number of carbonyl (C=O) groups excluding carboxylic acids is 1. The monoisotopic (exact) mass is 159 g/mol. The molecule has 1 heterocycles. The van der Waals surface area contributed by atoms with Gasteiger partial charge in [-0.1, -0.05) is 0 Å². The van der Waals surface area contributed by atoms with Crippen LogP contribution in [0.5, 0.6) is 0 Å². The molecule has 0 aromatic rings. The van der Waals surface area contributed by atoms with E-state index < -0.39 is 8.32 Å². The first kappa shape index (κ1) is 7.75. The minimum absolute atomic E-state index is 0.104. The second-order valence-corrected chi connectivity index (χ2v) is 7.42. The van der Waals surface area contributed by atoms with Crippen LogP contribution in [0.25, 0.3) is 0 Å². The van der Waals surface area contributed by atoms with Crippen molar-refractivity contribution in [2.24, 2.45) is 0 Å². The third kappa shape index (κ3) is 1.57. The quantitative estimate of drug-likeness (QED) is 0.473. The number of rotatable bonds is 0. The van der Waals surface area contributed by atoms with Crippen molar-refractivity contribution in [1.29, 1.82) is 0 Å². The van der Waals surface area contributed by atoms with Crippen molar-refractivity contribution in [2.75, 3.05) is 19.8 Å². The molecule has 58 valence electrons. The minimum atomic E-state index is -1.49. The fourth-order valence-corrected chi connectivity index (χ4v) is 3.00. The molecule has 0 bridgehead atoms. The molecule has 0 aromatic heterocycles. The van der Waals surface area contributed by atoms with Crippen molar-refractivity contribution < 1.29 is 9.22 Å². The second-order valence-electron chi connectivity index (χ2n) is 3.30. The average molecular weight is 159 g/mol. The fourth-order valence-electron chi connectivity index (χ4n) is 1.07. The Bertz CT molecular complexity index is 158. The first-order valence-electron chi connectivity index (χ1n) is 3.39. The summed E-state index contributed by atoms with van der Waals surface area (Å²) in [5, 5.41) is 0. The molecule has 0 radical (unpaired) electrons. The molecule has 1 aliphatic heterocycles. The van der Waals surface area contributed by atoms with Crippen LogP contribution in [-0.2, 0) is 9.22 Å². The highest BCUT2D eigenvalue weighted by Gasteiger charge is 2.32. The van der Waals surface area contributed by atoms with Gasteiger partial charge in [-0.25, -0.2) is 0 Å². The van der Waals surface area contributed by atoms with Gasteiger partial charge in [0, 0.05) is 13.2 Å². The van der Waals surface area contributed by atoms with Crippen molar-refractivity contribution in [3.8, 4) is 0 Å². The normalized spacial score (nSPS) is 25.1. The highest BCUT2D eigenvalue weighted by Crippen LogP contribution is 2.11. The van der Waals surface area contributed by atoms with Crippen LogP contribution in [0, 0.1) is 0 Å². The molecule has 0 N–H and O–H groups in total. The molecule has 10 heavy (non-hydrogen) atoms. The van der Waals surface area contributed by atoms with Crippen molar-refractivity contribution in [2.45, 2.75) is 13.1 Å². The van der Waals surface area contributed by atoms with E-state index in [0.717, 1.165) is 6.17 Å². The van der Waals surface area contributed by atoms with Crippen LogP contribution in [0.15, 0.2) is 0 Å². The zero-order valence-electron chi connectivity index (χ0n) is 6.68. The molecule has 3 nitrogen and oxygen atoms in total. The molecule has 1 saturated heterocycles. The molecule has 0 aromatic carbocycles. The van der Waals surface area contributed by atoms with E-state index in [4.69, 9.17) is 4.43 Å². The lowest BCUT2D eigenvalue weighted by Crippen LogP contribution is -2.53. The van der Waals surface area contributed by atoms with Crippen molar-refractivity contribution in [3.63, 3.8) is 0 Å². The van der Waals surface area contributed by atoms with E-state index in [1.165, 1.54) is 0 Å². The van der Waals surface area contributed by atoms with Crippen LogP contribution in [0.4, 0.5) is 0 Å². The summed E-state index contributed by atoms with van der Waals surface area (Å²) in [6.07, 6.45) is 0.825. The molecule has 0 aliphatic carbocycles. The van der Waals surface area contributed by atoms with Gasteiger partial charge in [0.1, 0.15) is 6.61 Å². The van der Waals surface area contributed by atoms with Crippen LogP contribution in [0.3, 0.4) is 0 Å². The molecule has 4 heteroatoms. The molecule has 1 fully saturated rings. The molecule has 0 atom stereocenters. The first-order valence-corrected chi connectivity index (χ1v) is 6.51. The Balaban J connectivity index is 2.57. The topological polar surface area (TPSA) is 29.5 Å². The average Bonchev–Trinajstić information content (AvgIpc) is 1.79. The zero-order valence-corrected chi connectivity index (χ0v) is 7.68. The van der Waals surface area contributed by atoms with Crippen LogP contribution in [0.1, 0.15) is 0 Å². The Morgan fingerprint density at radius 2 is 2.20 bits per heavy atom. The summed E-state index contributed by atoms with van der Waals surface area (Å²) < 4.78 is 5.40. The Labute approximate surface area is 62.1 Å². The van der Waals surface area contributed by atoms with Gasteiger partial charge in [0.25, 0.3) is 0 Å².